The van der Waals surface area contributed by atoms with Crippen LogP contribution in [0.15, 0.2) is 54.6 Å². The Kier molecular flexibility index (Phi) is 5.25. The molecule has 0 bridgehead atoms. The Morgan fingerprint density at radius 3 is 2.43 bits per heavy atom. The standard InChI is InChI=1S/C22H26N2O3S/c1-28(26,27)23-20-12-13-24(22(25)18-10-11-18)21(20)15-16-6-5-9-19(14-16)17-7-3-2-4-8-17/h2-9,14,18,20-21,23H,10-13,15H2,1H3. The van der Waals surface area contributed by atoms with Crippen LogP contribution in [0.1, 0.15) is 24.8 Å². The molecule has 2 unspecified atom stereocenters. The summed E-state index contributed by atoms with van der Waals surface area (Å²) in [6, 6.07) is 18.1. The smallest absolute Gasteiger partial charge is 0.225 e. The van der Waals surface area contributed by atoms with Crippen LogP contribution in [0.2, 0.25) is 0 Å². The quantitative estimate of drug-likeness (QED) is 0.814. The number of hydrogen-bond donors (Lipinski definition) is 1. The second-order valence-electron chi connectivity index (χ2n) is 7.93. The number of hydrogen-bond acceptors (Lipinski definition) is 3. The fraction of sp³-hybridized carbons (Fsp3) is 0.409. The molecule has 1 aliphatic carbocycles. The molecule has 2 aromatic carbocycles. The number of rotatable bonds is 6. The second kappa shape index (κ2) is 7.68. The van der Waals surface area contributed by atoms with E-state index in [0.717, 1.165) is 29.5 Å². The maximum absolute atomic E-state index is 12.8. The molecule has 5 nitrogen and oxygen atoms in total. The third kappa shape index (κ3) is 4.45. The van der Waals surface area contributed by atoms with Gasteiger partial charge in [-0.2, -0.15) is 0 Å². The van der Waals surface area contributed by atoms with Gasteiger partial charge in [-0.1, -0.05) is 54.6 Å². The molecule has 0 aromatic heterocycles. The van der Waals surface area contributed by atoms with Gasteiger partial charge in [0.15, 0.2) is 0 Å². The fourth-order valence-corrected chi connectivity index (χ4v) is 4.93. The molecule has 148 valence electrons. The van der Waals surface area contributed by atoms with Crippen LogP contribution in [0, 0.1) is 5.92 Å². The molecule has 2 aliphatic rings. The van der Waals surface area contributed by atoms with E-state index in [4.69, 9.17) is 0 Å². The third-order valence-corrected chi connectivity index (χ3v) is 6.33. The largest absolute Gasteiger partial charge is 0.337 e. The number of benzene rings is 2. The number of amides is 1. The van der Waals surface area contributed by atoms with Crippen LogP contribution >= 0.6 is 0 Å². The molecule has 4 rings (SSSR count). The highest BCUT2D eigenvalue weighted by molar-refractivity contribution is 7.88. The van der Waals surface area contributed by atoms with Crippen molar-refractivity contribution in [3.05, 3.63) is 60.2 Å². The van der Waals surface area contributed by atoms with Crippen molar-refractivity contribution in [2.75, 3.05) is 12.8 Å². The second-order valence-corrected chi connectivity index (χ2v) is 9.71. The molecule has 2 atom stereocenters. The normalized spacial score (nSPS) is 22.4. The first-order valence-electron chi connectivity index (χ1n) is 9.83. The Bertz CT molecular complexity index is 955. The molecule has 2 aromatic rings. The van der Waals surface area contributed by atoms with E-state index in [9.17, 15) is 13.2 Å². The summed E-state index contributed by atoms with van der Waals surface area (Å²) in [5, 5.41) is 0. The van der Waals surface area contributed by atoms with Crippen LogP contribution in [-0.4, -0.2) is 44.1 Å². The Morgan fingerprint density at radius 1 is 1.04 bits per heavy atom. The summed E-state index contributed by atoms with van der Waals surface area (Å²) in [6.07, 6.45) is 4.40. The van der Waals surface area contributed by atoms with Gasteiger partial charge in [0.25, 0.3) is 0 Å². The van der Waals surface area contributed by atoms with E-state index >= 15 is 0 Å². The number of carbonyl (C=O) groups excluding carboxylic acids is 1. The SMILES string of the molecule is CS(=O)(=O)NC1CCN(C(=O)C2CC2)C1Cc1cccc(-c2ccccc2)c1. The Morgan fingerprint density at radius 2 is 1.75 bits per heavy atom. The predicted molar refractivity (Wildman–Crippen MR) is 110 cm³/mol. The zero-order valence-electron chi connectivity index (χ0n) is 16.0. The van der Waals surface area contributed by atoms with E-state index in [-0.39, 0.29) is 23.9 Å². The van der Waals surface area contributed by atoms with E-state index in [1.165, 1.54) is 6.26 Å². The minimum absolute atomic E-state index is 0.134. The summed E-state index contributed by atoms with van der Waals surface area (Å²) in [6.45, 7) is 0.617. The van der Waals surface area contributed by atoms with Gasteiger partial charge in [0, 0.05) is 18.5 Å². The summed E-state index contributed by atoms with van der Waals surface area (Å²) in [7, 11) is -3.33. The van der Waals surface area contributed by atoms with Gasteiger partial charge in [0.05, 0.1) is 12.3 Å². The lowest BCUT2D eigenvalue weighted by Crippen LogP contribution is -2.48. The zero-order chi connectivity index (χ0) is 19.7. The Balaban J connectivity index is 1.59. The first-order valence-corrected chi connectivity index (χ1v) is 11.7. The van der Waals surface area contributed by atoms with Gasteiger partial charge < -0.3 is 4.90 Å². The van der Waals surface area contributed by atoms with Crippen molar-refractivity contribution in [2.45, 2.75) is 37.8 Å². The van der Waals surface area contributed by atoms with Crippen LogP contribution in [0.5, 0.6) is 0 Å². The lowest BCUT2D eigenvalue weighted by molar-refractivity contribution is -0.133. The number of sulfonamides is 1. The predicted octanol–water partition coefficient (Wildman–Crippen LogP) is 2.82. The first kappa shape index (κ1) is 19.2. The van der Waals surface area contributed by atoms with Crippen LogP contribution in [0.4, 0.5) is 0 Å². The lowest BCUT2D eigenvalue weighted by atomic mass is 9.97. The van der Waals surface area contributed by atoms with Crippen LogP contribution in [0.3, 0.4) is 0 Å². The number of likely N-dealkylation sites (tertiary alicyclic amines) is 1. The van der Waals surface area contributed by atoms with E-state index in [2.05, 4.69) is 35.1 Å². The van der Waals surface area contributed by atoms with Crippen LogP contribution < -0.4 is 4.72 Å². The fourth-order valence-electron chi connectivity index (χ4n) is 4.11. The van der Waals surface area contributed by atoms with Crippen molar-refractivity contribution in [3.8, 4) is 11.1 Å². The average molecular weight is 399 g/mol. The molecule has 1 saturated carbocycles. The summed E-state index contributed by atoms with van der Waals surface area (Å²) in [4.78, 5) is 14.7. The number of carbonyl (C=O) groups is 1. The van der Waals surface area contributed by atoms with E-state index < -0.39 is 10.0 Å². The lowest BCUT2D eigenvalue weighted by Gasteiger charge is -2.29. The van der Waals surface area contributed by atoms with E-state index in [0.29, 0.717) is 19.4 Å². The highest BCUT2D eigenvalue weighted by Gasteiger charge is 2.43. The average Bonchev–Trinajstić information content (AvgIpc) is 3.45. The summed E-state index contributed by atoms with van der Waals surface area (Å²) in [5.41, 5.74) is 3.39. The molecule has 1 amide bonds. The molecule has 1 heterocycles. The molecule has 1 N–H and O–H groups in total. The maximum atomic E-state index is 12.8. The summed E-state index contributed by atoms with van der Waals surface area (Å²) < 4.78 is 26.4. The third-order valence-electron chi connectivity index (χ3n) is 5.60. The minimum atomic E-state index is -3.33. The molecule has 0 radical (unpaired) electrons. The Labute approximate surface area is 166 Å². The van der Waals surface area contributed by atoms with E-state index in [1.54, 1.807) is 0 Å². The van der Waals surface area contributed by atoms with E-state index in [1.807, 2.05) is 29.2 Å². The summed E-state index contributed by atoms with van der Waals surface area (Å²) >= 11 is 0. The molecule has 1 aliphatic heterocycles. The monoisotopic (exact) mass is 398 g/mol. The first-order chi connectivity index (χ1) is 13.4. The van der Waals surface area contributed by atoms with Crippen molar-refractivity contribution >= 4 is 15.9 Å². The molecule has 0 spiro atoms. The van der Waals surface area contributed by atoms with Gasteiger partial charge in [-0.25, -0.2) is 13.1 Å². The van der Waals surface area contributed by atoms with Gasteiger partial charge in [0.1, 0.15) is 0 Å². The molecular weight excluding hydrogens is 372 g/mol. The summed E-state index contributed by atoms with van der Waals surface area (Å²) in [5.74, 6) is 0.317. The highest BCUT2D eigenvalue weighted by Crippen LogP contribution is 2.35. The molecule has 28 heavy (non-hydrogen) atoms. The van der Waals surface area contributed by atoms with Crippen LogP contribution in [-0.2, 0) is 21.2 Å². The van der Waals surface area contributed by atoms with Gasteiger partial charge in [-0.05, 0) is 42.4 Å². The minimum Gasteiger partial charge on any atom is -0.337 e. The van der Waals surface area contributed by atoms with Crippen molar-refractivity contribution < 1.29 is 13.2 Å². The van der Waals surface area contributed by atoms with Gasteiger partial charge in [-0.15, -0.1) is 0 Å². The van der Waals surface area contributed by atoms with Crippen molar-refractivity contribution in [3.63, 3.8) is 0 Å². The van der Waals surface area contributed by atoms with Gasteiger partial charge in [-0.3, -0.25) is 4.79 Å². The topological polar surface area (TPSA) is 66.5 Å². The maximum Gasteiger partial charge on any atom is 0.225 e. The number of nitrogens with zero attached hydrogens (tertiary/aromatic N) is 1. The molecule has 1 saturated heterocycles. The number of nitrogens with one attached hydrogen (secondary N) is 1. The van der Waals surface area contributed by atoms with Crippen molar-refractivity contribution in [1.82, 2.24) is 9.62 Å². The Hall–Kier alpha value is -2.18. The van der Waals surface area contributed by atoms with Gasteiger partial charge >= 0.3 is 0 Å². The van der Waals surface area contributed by atoms with Crippen molar-refractivity contribution in [2.24, 2.45) is 5.92 Å². The van der Waals surface area contributed by atoms with Gasteiger partial charge in [0.2, 0.25) is 15.9 Å². The van der Waals surface area contributed by atoms with Crippen molar-refractivity contribution in [1.29, 1.82) is 0 Å². The molecule has 6 heteroatoms. The molecular formula is C22H26N2O3S. The highest BCUT2D eigenvalue weighted by atomic mass is 32.2. The van der Waals surface area contributed by atoms with Crippen LogP contribution in [0.25, 0.3) is 11.1 Å². The molecule has 2 fully saturated rings. The zero-order valence-corrected chi connectivity index (χ0v) is 16.9.